The molecule has 0 N–H and O–H groups in total. The van der Waals surface area contributed by atoms with Gasteiger partial charge in [0.15, 0.2) is 0 Å². The first-order valence-electron chi connectivity index (χ1n) is 8.37. The summed E-state index contributed by atoms with van der Waals surface area (Å²) in [5.41, 5.74) is -0.111. The van der Waals surface area contributed by atoms with Crippen LogP contribution in [-0.2, 0) is 5.54 Å². The highest BCUT2D eigenvalue weighted by atomic mass is 19.1. The predicted molar refractivity (Wildman–Crippen MR) is 85.3 cm³/mol. The number of methoxy groups -OCH3 is 1. The van der Waals surface area contributed by atoms with Crippen LogP contribution in [0.1, 0.15) is 78.6 Å². The molecule has 3 nitrogen and oxygen atoms in total. The molecule has 0 aliphatic heterocycles. The van der Waals surface area contributed by atoms with Crippen molar-refractivity contribution >= 4 is 0 Å². The van der Waals surface area contributed by atoms with E-state index in [-0.39, 0.29) is 17.2 Å². The van der Waals surface area contributed by atoms with E-state index < -0.39 is 0 Å². The van der Waals surface area contributed by atoms with Crippen LogP contribution in [0.15, 0.2) is 6.20 Å². The summed E-state index contributed by atoms with van der Waals surface area (Å²) in [6.07, 6.45) is 12.0. The first-order valence-corrected chi connectivity index (χ1v) is 8.37. The van der Waals surface area contributed by atoms with Gasteiger partial charge >= 0.3 is 0 Å². The van der Waals surface area contributed by atoms with E-state index in [2.05, 4.69) is 25.9 Å². The van der Waals surface area contributed by atoms with E-state index in [4.69, 9.17) is 4.74 Å². The van der Waals surface area contributed by atoms with Gasteiger partial charge in [0, 0.05) is 0 Å². The van der Waals surface area contributed by atoms with E-state index in [9.17, 15) is 4.39 Å². The van der Waals surface area contributed by atoms with Gasteiger partial charge in [0.1, 0.15) is 0 Å². The van der Waals surface area contributed by atoms with Gasteiger partial charge in [-0.2, -0.15) is 4.39 Å². The second-order valence-corrected chi connectivity index (χ2v) is 6.20. The van der Waals surface area contributed by atoms with Crippen molar-refractivity contribution in [3.05, 3.63) is 12.0 Å². The minimum atomic E-state index is -0.368. The lowest BCUT2D eigenvalue weighted by Crippen LogP contribution is -2.31. The summed E-state index contributed by atoms with van der Waals surface area (Å²) in [5.74, 6) is -0.266. The SMILES string of the molecule is CCCCCCC(C)(CCCCC)n1cc(F)c(OC)n1. The van der Waals surface area contributed by atoms with Crippen LogP contribution in [0.5, 0.6) is 5.88 Å². The first-order chi connectivity index (χ1) is 10.1. The minimum Gasteiger partial charge on any atom is -0.478 e. The zero-order chi connectivity index (χ0) is 15.7. The molecule has 1 unspecified atom stereocenters. The molecule has 0 spiro atoms. The summed E-state index contributed by atoms with van der Waals surface area (Å²) in [4.78, 5) is 0. The number of hydrogen-bond acceptors (Lipinski definition) is 2. The van der Waals surface area contributed by atoms with E-state index in [1.807, 2.05) is 0 Å². The van der Waals surface area contributed by atoms with Gasteiger partial charge in [0.25, 0.3) is 5.88 Å². The van der Waals surface area contributed by atoms with Crippen molar-refractivity contribution < 1.29 is 9.13 Å². The van der Waals surface area contributed by atoms with Crippen molar-refractivity contribution in [2.45, 2.75) is 84.1 Å². The molecule has 21 heavy (non-hydrogen) atoms. The first kappa shape index (κ1) is 18.0. The fraction of sp³-hybridized carbons (Fsp3) is 0.824. The van der Waals surface area contributed by atoms with E-state index in [1.165, 1.54) is 51.8 Å². The normalized spacial score (nSPS) is 14.1. The number of halogens is 1. The fourth-order valence-electron chi connectivity index (χ4n) is 2.79. The predicted octanol–water partition coefficient (Wildman–Crippen LogP) is 5.30. The lowest BCUT2D eigenvalue weighted by atomic mass is 9.88. The average molecular weight is 298 g/mol. The lowest BCUT2D eigenvalue weighted by molar-refractivity contribution is 0.222. The molecule has 0 bridgehead atoms. The number of aromatic nitrogens is 2. The Hall–Kier alpha value is -1.06. The van der Waals surface area contributed by atoms with Gasteiger partial charge in [-0.25, -0.2) is 0 Å². The minimum absolute atomic E-state index is 0.102. The second-order valence-electron chi connectivity index (χ2n) is 6.20. The van der Waals surface area contributed by atoms with Crippen molar-refractivity contribution in [2.24, 2.45) is 0 Å². The lowest BCUT2D eigenvalue weighted by Gasteiger charge is -2.30. The van der Waals surface area contributed by atoms with Gasteiger partial charge in [-0.05, 0) is 19.8 Å². The Morgan fingerprint density at radius 1 is 1.10 bits per heavy atom. The smallest absolute Gasteiger partial charge is 0.269 e. The van der Waals surface area contributed by atoms with E-state index in [1.54, 1.807) is 4.68 Å². The summed E-state index contributed by atoms with van der Waals surface area (Å²) >= 11 is 0. The average Bonchev–Trinajstić information content (AvgIpc) is 2.86. The van der Waals surface area contributed by atoms with Gasteiger partial charge < -0.3 is 4.74 Å². The number of rotatable bonds is 11. The Kier molecular flexibility index (Phi) is 7.76. The third-order valence-electron chi connectivity index (χ3n) is 4.27. The van der Waals surface area contributed by atoms with Gasteiger partial charge in [0.05, 0.1) is 18.8 Å². The highest BCUT2D eigenvalue weighted by Crippen LogP contribution is 2.31. The zero-order valence-electron chi connectivity index (χ0n) is 14.1. The van der Waals surface area contributed by atoms with Crippen molar-refractivity contribution in [3.63, 3.8) is 0 Å². The maximum absolute atomic E-state index is 13.8. The van der Waals surface area contributed by atoms with Crippen LogP contribution in [0.3, 0.4) is 0 Å². The fourth-order valence-corrected chi connectivity index (χ4v) is 2.79. The summed E-state index contributed by atoms with van der Waals surface area (Å²) in [6, 6.07) is 0. The number of unbranched alkanes of at least 4 members (excludes halogenated alkanes) is 5. The van der Waals surface area contributed by atoms with Crippen LogP contribution in [0.4, 0.5) is 4.39 Å². The Labute approximate surface area is 128 Å². The zero-order valence-corrected chi connectivity index (χ0v) is 14.1. The molecule has 1 aromatic rings. The van der Waals surface area contributed by atoms with Gasteiger partial charge in [-0.1, -0.05) is 58.8 Å². The van der Waals surface area contributed by atoms with Crippen molar-refractivity contribution in [3.8, 4) is 5.88 Å². The van der Waals surface area contributed by atoms with E-state index in [0.29, 0.717) is 0 Å². The highest BCUT2D eigenvalue weighted by molar-refractivity contribution is 5.10. The molecule has 0 saturated carbocycles. The molecule has 1 aromatic heterocycles. The molecule has 122 valence electrons. The molecule has 0 aliphatic rings. The quantitative estimate of drug-likeness (QED) is 0.518. The van der Waals surface area contributed by atoms with Crippen LogP contribution in [-0.4, -0.2) is 16.9 Å². The highest BCUT2D eigenvalue weighted by Gasteiger charge is 2.28. The third kappa shape index (κ3) is 5.33. The van der Waals surface area contributed by atoms with Crippen molar-refractivity contribution in [2.75, 3.05) is 7.11 Å². The molecule has 0 radical (unpaired) electrons. The molecule has 4 heteroatoms. The van der Waals surface area contributed by atoms with Crippen molar-refractivity contribution in [1.82, 2.24) is 9.78 Å². The summed E-state index contributed by atoms with van der Waals surface area (Å²) < 4.78 is 20.5. The molecule has 1 heterocycles. The summed E-state index contributed by atoms with van der Waals surface area (Å²) in [6.45, 7) is 6.61. The summed E-state index contributed by atoms with van der Waals surface area (Å²) in [5, 5.41) is 4.30. The molecule has 1 atom stereocenters. The molecular formula is C17H31FN2O. The molecular weight excluding hydrogens is 267 g/mol. The Balaban J connectivity index is 2.77. The van der Waals surface area contributed by atoms with Crippen LogP contribution in [0.2, 0.25) is 0 Å². The van der Waals surface area contributed by atoms with Gasteiger partial charge in [-0.15, -0.1) is 5.10 Å². The number of hydrogen-bond donors (Lipinski definition) is 0. The molecule has 0 fully saturated rings. The van der Waals surface area contributed by atoms with Gasteiger partial charge in [0.2, 0.25) is 5.82 Å². The maximum Gasteiger partial charge on any atom is 0.269 e. The summed E-state index contributed by atoms with van der Waals surface area (Å²) in [7, 11) is 1.46. The third-order valence-corrected chi connectivity index (χ3v) is 4.27. The molecule has 1 rings (SSSR count). The Bertz CT molecular complexity index is 405. The van der Waals surface area contributed by atoms with E-state index >= 15 is 0 Å². The van der Waals surface area contributed by atoms with Crippen LogP contribution in [0, 0.1) is 5.82 Å². The Morgan fingerprint density at radius 3 is 2.19 bits per heavy atom. The van der Waals surface area contributed by atoms with Gasteiger partial charge in [-0.3, -0.25) is 4.68 Å². The second kappa shape index (κ2) is 9.06. The number of nitrogens with zero attached hydrogens (tertiary/aromatic N) is 2. The van der Waals surface area contributed by atoms with Crippen LogP contribution in [0.25, 0.3) is 0 Å². The van der Waals surface area contributed by atoms with Crippen molar-refractivity contribution in [1.29, 1.82) is 0 Å². The van der Waals surface area contributed by atoms with Crippen LogP contribution < -0.4 is 4.74 Å². The topological polar surface area (TPSA) is 27.1 Å². The van der Waals surface area contributed by atoms with E-state index in [0.717, 1.165) is 19.3 Å². The molecule has 0 aromatic carbocycles. The molecule has 0 amide bonds. The monoisotopic (exact) mass is 298 g/mol. The number of ether oxygens (including phenoxy) is 1. The Morgan fingerprint density at radius 2 is 1.67 bits per heavy atom. The molecule has 0 aliphatic carbocycles. The van der Waals surface area contributed by atoms with Crippen LogP contribution >= 0.6 is 0 Å². The largest absolute Gasteiger partial charge is 0.478 e. The molecule has 0 saturated heterocycles. The standard InChI is InChI=1S/C17H31FN2O/c1-5-7-9-11-13-17(3,12-10-8-6-2)20-14-15(18)16(19-20)21-4/h14H,5-13H2,1-4H3. The maximum atomic E-state index is 13.8.